The molecule has 12 heteroatoms. The maximum atomic E-state index is 12.1. The number of aliphatic carboxylic acids is 1. The normalized spacial score (nSPS) is 13.4. The molecule has 0 heterocycles. The van der Waals surface area contributed by atoms with E-state index in [2.05, 4.69) is 0 Å². The first-order chi connectivity index (χ1) is 17.8. The number of carboxylic acids is 1. The van der Waals surface area contributed by atoms with Crippen molar-refractivity contribution in [1.82, 2.24) is 0 Å². The summed E-state index contributed by atoms with van der Waals surface area (Å²) in [7, 11) is 0. The van der Waals surface area contributed by atoms with Crippen molar-refractivity contribution in [3.8, 4) is 11.5 Å². The lowest BCUT2D eigenvalue weighted by Crippen LogP contribution is -2.38. The van der Waals surface area contributed by atoms with Gasteiger partial charge in [-0.05, 0) is 49.3 Å². The molecule has 0 radical (unpaired) electrons. The Bertz CT molecular complexity index is 942. The zero-order valence-corrected chi connectivity index (χ0v) is 22.8. The van der Waals surface area contributed by atoms with Crippen LogP contribution in [-0.2, 0) is 23.7 Å². The number of ether oxygens (including phenoxy) is 6. The SMILES string of the molecule is CCCOC(=O)Oc1ccc(C(CC(C)OC(=O)OCC(C)(C)C)[C@H](N)C(=O)O)cc1OC(=O)OCCC. The van der Waals surface area contributed by atoms with Gasteiger partial charge in [-0.25, -0.2) is 14.4 Å². The molecule has 38 heavy (non-hydrogen) atoms. The lowest BCUT2D eigenvalue weighted by atomic mass is 9.87. The summed E-state index contributed by atoms with van der Waals surface area (Å²) >= 11 is 0. The van der Waals surface area contributed by atoms with E-state index in [1.165, 1.54) is 18.2 Å². The minimum Gasteiger partial charge on any atom is -0.480 e. The van der Waals surface area contributed by atoms with Crippen molar-refractivity contribution in [2.24, 2.45) is 11.1 Å². The van der Waals surface area contributed by atoms with Crippen molar-refractivity contribution in [2.45, 2.75) is 78.9 Å². The van der Waals surface area contributed by atoms with Gasteiger partial charge in [0.15, 0.2) is 11.5 Å². The lowest BCUT2D eigenvalue weighted by molar-refractivity contribution is -0.139. The summed E-state index contributed by atoms with van der Waals surface area (Å²) < 4.78 is 30.6. The number of rotatable bonds is 13. The average molecular weight is 542 g/mol. The van der Waals surface area contributed by atoms with Crippen molar-refractivity contribution in [2.75, 3.05) is 19.8 Å². The van der Waals surface area contributed by atoms with E-state index in [4.69, 9.17) is 34.2 Å². The van der Waals surface area contributed by atoms with Gasteiger partial charge in [-0.15, -0.1) is 0 Å². The molecule has 0 aromatic heterocycles. The standard InChI is InChI=1S/C26H39NO11/c1-7-11-33-23(30)37-19-10-9-17(14-20(19)38-24(31)34-12-8-2)18(21(27)22(28)29)13-16(3)36-25(32)35-15-26(4,5)6/h9-10,14,16,18,21H,7-8,11-13,15,27H2,1-6H3,(H,28,29)/t16?,18?,21-/m0/s1. The fourth-order valence-corrected chi connectivity index (χ4v) is 3.07. The van der Waals surface area contributed by atoms with E-state index in [0.29, 0.717) is 18.4 Å². The second kappa shape index (κ2) is 15.7. The fourth-order valence-electron chi connectivity index (χ4n) is 3.07. The second-order valence-electron chi connectivity index (χ2n) is 9.84. The van der Waals surface area contributed by atoms with Gasteiger partial charge < -0.3 is 39.3 Å². The van der Waals surface area contributed by atoms with Crippen LogP contribution in [0.25, 0.3) is 0 Å². The first kappa shape index (κ1) is 32.5. The van der Waals surface area contributed by atoms with E-state index in [9.17, 15) is 24.3 Å². The van der Waals surface area contributed by atoms with Gasteiger partial charge in [-0.1, -0.05) is 40.7 Å². The summed E-state index contributed by atoms with van der Waals surface area (Å²) in [4.78, 5) is 48.0. The Labute approximate surface area is 222 Å². The summed E-state index contributed by atoms with van der Waals surface area (Å²) in [6.07, 6.45) is -2.62. The number of carbonyl (C=O) groups is 4. The topological polar surface area (TPSA) is 170 Å². The number of carbonyl (C=O) groups excluding carboxylic acids is 3. The molecule has 0 aliphatic heterocycles. The van der Waals surface area contributed by atoms with Gasteiger partial charge in [0.1, 0.15) is 12.1 Å². The Balaban J connectivity index is 3.23. The van der Waals surface area contributed by atoms with Crippen molar-refractivity contribution in [3.05, 3.63) is 23.8 Å². The molecule has 0 spiro atoms. The molecule has 0 saturated carbocycles. The van der Waals surface area contributed by atoms with E-state index < -0.39 is 42.5 Å². The molecule has 0 aliphatic rings. The first-order valence-corrected chi connectivity index (χ1v) is 12.4. The largest absolute Gasteiger partial charge is 0.513 e. The number of hydrogen-bond acceptors (Lipinski definition) is 11. The Kier molecular flexibility index (Phi) is 13.4. The number of carboxylic acid groups (broad SMARTS) is 1. The van der Waals surface area contributed by atoms with E-state index in [-0.39, 0.29) is 43.2 Å². The highest BCUT2D eigenvalue weighted by Crippen LogP contribution is 2.35. The smallest absolute Gasteiger partial charge is 0.480 e. The third kappa shape index (κ3) is 12.1. The summed E-state index contributed by atoms with van der Waals surface area (Å²) in [6.45, 7) is 11.2. The van der Waals surface area contributed by atoms with Crippen LogP contribution >= 0.6 is 0 Å². The van der Waals surface area contributed by atoms with Gasteiger partial charge in [-0.2, -0.15) is 0 Å². The maximum absolute atomic E-state index is 12.1. The predicted octanol–water partition coefficient (Wildman–Crippen LogP) is 5.01. The van der Waals surface area contributed by atoms with Crippen LogP contribution in [0.3, 0.4) is 0 Å². The molecule has 0 saturated heterocycles. The van der Waals surface area contributed by atoms with Crippen molar-refractivity contribution in [3.63, 3.8) is 0 Å². The van der Waals surface area contributed by atoms with Crippen LogP contribution in [0.2, 0.25) is 0 Å². The van der Waals surface area contributed by atoms with E-state index in [1.54, 1.807) is 20.8 Å². The Morgan fingerprint density at radius 1 is 0.895 bits per heavy atom. The molecule has 1 aromatic carbocycles. The molecular weight excluding hydrogens is 502 g/mol. The Hall–Kier alpha value is -3.54. The highest BCUT2D eigenvalue weighted by Gasteiger charge is 2.30. The third-order valence-corrected chi connectivity index (χ3v) is 4.86. The van der Waals surface area contributed by atoms with Crippen LogP contribution < -0.4 is 15.2 Å². The van der Waals surface area contributed by atoms with E-state index in [0.717, 1.165) is 0 Å². The summed E-state index contributed by atoms with van der Waals surface area (Å²) in [5.74, 6) is -2.56. The van der Waals surface area contributed by atoms with Gasteiger partial charge in [0, 0.05) is 5.92 Å². The number of hydrogen-bond donors (Lipinski definition) is 2. The zero-order valence-electron chi connectivity index (χ0n) is 22.8. The summed E-state index contributed by atoms with van der Waals surface area (Å²) in [5, 5.41) is 9.60. The van der Waals surface area contributed by atoms with Crippen LogP contribution in [0.4, 0.5) is 14.4 Å². The molecule has 0 bridgehead atoms. The molecule has 3 atom stereocenters. The second-order valence-corrected chi connectivity index (χ2v) is 9.84. The number of nitrogens with two attached hydrogens (primary N) is 1. The summed E-state index contributed by atoms with van der Waals surface area (Å²) in [6, 6.07) is 2.68. The predicted molar refractivity (Wildman–Crippen MR) is 135 cm³/mol. The monoisotopic (exact) mass is 541 g/mol. The Morgan fingerprint density at radius 2 is 1.45 bits per heavy atom. The van der Waals surface area contributed by atoms with Gasteiger partial charge >= 0.3 is 24.4 Å². The molecule has 1 aromatic rings. The average Bonchev–Trinajstić information content (AvgIpc) is 2.83. The molecular formula is C26H39NO11. The highest BCUT2D eigenvalue weighted by atomic mass is 16.7. The van der Waals surface area contributed by atoms with Gasteiger partial charge in [0.2, 0.25) is 0 Å². The first-order valence-electron chi connectivity index (χ1n) is 12.4. The maximum Gasteiger partial charge on any atom is 0.513 e. The molecule has 0 amide bonds. The van der Waals surface area contributed by atoms with Crippen LogP contribution in [-0.4, -0.2) is 61.5 Å². The quantitative estimate of drug-likeness (QED) is 0.195. The minimum atomic E-state index is -1.41. The van der Waals surface area contributed by atoms with Crippen LogP contribution in [0.1, 0.15) is 72.3 Å². The molecule has 12 nitrogen and oxygen atoms in total. The highest BCUT2D eigenvalue weighted by molar-refractivity contribution is 5.75. The van der Waals surface area contributed by atoms with Crippen molar-refractivity contribution in [1.29, 1.82) is 0 Å². The molecule has 0 aliphatic carbocycles. The van der Waals surface area contributed by atoms with E-state index >= 15 is 0 Å². The van der Waals surface area contributed by atoms with E-state index in [1.807, 2.05) is 20.8 Å². The third-order valence-electron chi connectivity index (χ3n) is 4.86. The van der Waals surface area contributed by atoms with Crippen molar-refractivity contribution < 1.29 is 52.7 Å². The molecule has 214 valence electrons. The van der Waals surface area contributed by atoms with Crippen LogP contribution in [0.15, 0.2) is 18.2 Å². The zero-order chi connectivity index (χ0) is 28.9. The minimum absolute atomic E-state index is 0.00342. The van der Waals surface area contributed by atoms with Crippen LogP contribution in [0, 0.1) is 5.41 Å². The molecule has 1 rings (SSSR count). The fraction of sp³-hybridized carbons (Fsp3) is 0.615. The van der Waals surface area contributed by atoms with Crippen molar-refractivity contribution >= 4 is 24.4 Å². The van der Waals surface area contributed by atoms with Gasteiger partial charge in [-0.3, -0.25) is 4.79 Å². The van der Waals surface area contributed by atoms with Gasteiger partial charge in [0.05, 0.1) is 19.8 Å². The summed E-state index contributed by atoms with van der Waals surface area (Å²) in [5.41, 5.74) is 6.03. The Morgan fingerprint density at radius 3 is 1.95 bits per heavy atom. The molecule has 0 fully saturated rings. The number of benzene rings is 1. The van der Waals surface area contributed by atoms with Crippen LogP contribution in [0.5, 0.6) is 11.5 Å². The van der Waals surface area contributed by atoms with Gasteiger partial charge in [0.25, 0.3) is 0 Å². The molecule has 2 unspecified atom stereocenters. The lowest BCUT2D eigenvalue weighted by Gasteiger charge is -2.25. The molecule has 3 N–H and O–H groups in total.